The van der Waals surface area contributed by atoms with Gasteiger partial charge in [0.05, 0.1) is 25.4 Å². The highest BCUT2D eigenvalue weighted by Crippen LogP contribution is 2.25. The topological polar surface area (TPSA) is 34.3 Å². The standard InChI is InChI=1S/C18H18O3/c1-5-15(6-2-13(1)9-17-11-19-17)21-16-7-3-14(4-8-16)10-18-12-20-18/h1-8,17-18H,9-12H2. The van der Waals surface area contributed by atoms with Crippen LogP contribution in [-0.2, 0) is 22.3 Å². The van der Waals surface area contributed by atoms with Crippen molar-refractivity contribution in [3.8, 4) is 11.5 Å². The lowest BCUT2D eigenvalue weighted by Gasteiger charge is -2.07. The third-order valence-electron chi connectivity index (χ3n) is 3.81. The molecule has 2 aromatic carbocycles. The molecule has 4 rings (SSSR count). The van der Waals surface area contributed by atoms with Crippen molar-refractivity contribution < 1.29 is 14.2 Å². The molecule has 0 bridgehead atoms. The third-order valence-corrected chi connectivity index (χ3v) is 3.81. The Morgan fingerprint density at radius 3 is 1.43 bits per heavy atom. The van der Waals surface area contributed by atoms with Gasteiger partial charge in [-0.2, -0.15) is 0 Å². The van der Waals surface area contributed by atoms with Gasteiger partial charge in [-0.15, -0.1) is 0 Å². The number of benzene rings is 2. The van der Waals surface area contributed by atoms with E-state index in [0.29, 0.717) is 12.2 Å². The summed E-state index contributed by atoms with van der Waals surface area (Å²) in [6, 6.07) is 16.5. The molecule has 0 spiro atoms. The van der Waals surface area contributed by atoms with Crippen LogP contribution >= 0.6 is 0 Å². The Kier molecular flexibility index (Phi) is 3.37. The lowest BCUT2D eigenvalue weighted by atomic mass is 10.1. The molecule has 0 aromatic heterocycles. The van der Waals surface area contributed by atoms with Gasteiger partial charge < -0.3 is 14.2 Å². The molecule has 0 radical (unpaired) electrons. The predicted octanol–water partition coefficient (Wildman–Crippen LogP) is 3.36. The molecule has 2 unspecified atom stereocenters. The summed E-state index contributed by atoms with van der Waals surface area (Å²) in [6.07, 6.45) is 2.86. The largest absolute Gasteiger partial charge is 0.457 e. The first-order valence-electron chi connectivity index (χ1n) is 7.44. The van der Waals surface area contributed by atoms with Gasteiger partial charge in [0.2, 0.25) is 0 Å². The van der Waals surface area contributed by atoms with E-state index in [-0.39, 0.29) is 0 Å². The van der Waals surface area contributed by atoms with Crippen molar-refractivity contribution in [1.29, 1.82) is 0 Å². The summed E-state index contributed by atoms with van der Waals surface area (Å²) >= 11 is 0. The Hall–Kier alpha value is -1.84. The Bertz CT molecular complexity index is 540. The Morgan fingerprint density at radius 2 is 1.10 bits per heavy atom. The van der Waals surface area contributed by atoms with E-state index in [1.807, 2.05) is 24.3 Å². The van der Waals surface area contributed by atoms with Crippen molar-refractivity contribution in [2.24, 2.45) is 0 Å². The predicted molar refractivity (Wildman–Crippen MR) is 79.8 cm³/mol. The van der Waals surface area contributed by atoms with Crippen LogP contribution in [0.2, 0.25) is 0 Å². The fourth-order valence-electron chi connectivity index (χ4n) is 2.42. The Labute approximate surface area is 124 Å². The molecular formula is C18H18O3. The fourth-order valence-corrected chi connectivity index (χ4v) is 2.42. The van der Waals surface area contributed by atoms with Gasteiger partial charge in [0.1, 0.15) is 11.5 Å². The zero-order valence-corrected chi connectivity index (χ0v) is 11.8. The van der Waals surface area contributed by atoms with Crippen molar-refractivity contribution >= 4 is 0 Å². The SMILES string of the molecule is c1cc(Oc2ccc(CC3CO3)cc2)ccc1CC1CO1. The minimum atomic E-state index is 0.430. The van der Waals surface area contributed by atoms with Crippen LogP contribution in [0.3, 0.4) is 0 Å². The number of hydrogen-bond donors (Lipinski definition) is 0. The summed E-state index contributed by atoms with van der Waals surface area (Å²) in [5.41, 5.74) is 2.59. The van der Waals surface area contributed by atoms with Gasteiger partial charge in [-0.1, -0.05) is 24.3 Å². The van der Waals surface area contributed by atoms with Gasteiger partial charge in [-0.3, -0.25) is 0 Å². The third kappa shape index (κ3) is 3.63. The summed E-state index contributed by atoms with van der Waals surface area (Å²) in [6.45, 7) is 1.80. The molecule has 2 atom stereocenters. The molecule has 0 aliphatic carbocycles. The van der Waals surface area contributed by atoms with Crippen LogP contribution in [0.4, 0.5) is 0 Å². The number of epoxide rings is 2. The van der Waals surface area contributed by atoms with E-state index in [1.54, 1.807) is 0 Å². The number of ether oxygens (including phenoxy) is 3. The zero-order valence-electron chi connectivity index (χ0n) is 11.8. The van der Waals surface area contributed by atoms with E-state index >= 15 is 0 Å². The normalized spacial score (nSPS) is 22.9. The molecule has 0 amide bonds. The van der Waals surface area contributed by atoms with E-state index in [1.165, 1.54) is 11.1 Å². The summed E-state index contributed by atoms with van der Waals surface area (Å²) in [7, 11) is 0. The highest BCUT2D eigenvalue weighted by Gasteiger charge is 2.23. The maximum atomic E-state index is 5.87. The first-order valence-corrected chi connectivity index (χ1v) is 7.44. The van der Waals surface area contributed by atoms with E-state index in [0.717, 1.165) is 37.6 Å². The maximum absolute atomic E-state index is 5.87. The average molecular weight is 282 g/mol. The quantitative estimate of drug-likeness (QED) is 0.762. The summed E-state index contributed by atoms with van der Waals surface area (Å²) in [5, 5.41) is 0. The van der Waals surface area contributed by atoms with Crippen molar-refractivity contribution in [1.82, 2.24) is 0 Å². The van der Waals surface area contributed by atoms with Crippen molar-refractivity contribution in [2.75, 3.05) is 13.2 Å². The van der Waals surface area contributed by atoms with E-state index < -0.39 is 0 Å². The first kappa shape index (κ1) is 12.9. The lowest BCUT2D eigenvalue weighted by molar-refractivity contribution is 0.407. The molecule has 108 valence electrons. The zero-order chi connectivity index (χ0) is 14.1. The van der Waals surface area contributed by atoms with Crippen LogP contribution in [0.15, 0.2) is 48.5 Å². The maximum Gasteiger partial charge on any atom is 0.127 e. The summed E-state index contributed by atoms with van der Waals surface area (Å²) in [4.78, 5) is 0. The van der Waals surface area contributed by atoms with Gasteiger partial charge in [0, 0.05) is 12.8 Å². The van der Waals surface area contributed by atoms with Crippen molar-refractivity contribution in [3.63, 3.8) is 0 Å². The van der Waals surface area contributed by atoms with Crippen molar-refractivity contribution in [2.45, 2.75) is 25.0 Å². The average Bonchev–Trinajstić information content (AvgIpc) is 3.40. The second-order valence-electron chi connectivity index (χ2n) is 5.71. The number of rotatable bonds is 6. The van der Waals surface area contributed by atoms with Gasteiger partial charge in [0.15, 0.2) is 0 Å². The minimum absolute atomic E-state index is 0.430. The van der Waals surface area contributed by atoms with Crippen LogP contribution in [0.1, 0.15) is 11.1 Å². The highest BCUT2D eigenvalue weighted by atomic mass is 16.6. The van der Waals surface area contributed by atoms with Crippen LogP contribution < -0.4 is 4.74 Å². The van der Waals surface area contributed by atoms with Gasteiger partial charge >= 0.3 is 0 Å². The minimum Gasteiger partial charge on any atom is -0.457 e. The molecule has 2 fully saturated rings. The van der Waals surface area contributed by atoms with Crippen LogP contribution in [-0.4, -0.2) is 25.4 Å². The molecule has 21 heavy (non-hydrogen) atoms. The molecule has 0 N–H and O–H groups in total. The van der Waals surface area contributed by atoms with E-state index in [2.05, 4.69) is 24.3 Å². The van der Waals surface area contributed by atoms with Crippen LogP contribution in [0.5, 0.6) is 11.5 Å². The molecule has 2 saturated heterocycles. The van der Waals surface area contributed by atoms with E-state index in [9.17, 15) is 0 Å². The van der Waals surface area contributed by atoms with Crippen LogP contribution in [0.25, 0.3) is 0 Å². The molecule has 2 aromatic rings. The molecule has 2 aliphatic rings. The van der Waals surface area contributed by atoms with Gasteiger partial charge in [0.25, 0.3) is 0 Å². The second-order valence-corrected chi connectivity index (χ2v) is 5.71. The van der Waals surface area contributed by atoms with E-state index in [4.69, 9.17) is 14.2 Å². The molecule has 3 heteroatoms. The fraction of sp³-hybridized carbons (Fsp3) is 0.333. The molecular weight excluding hydrogens is 264 g/mol. The Morgan fingerprint density at radius 1 is 0.714 bits per heavy atom. The molecule has 2 heterocycles. The molecule has 2 aliphatic heterocycles. The molecule has 3 nitrogen and oxygen atoms in total. The first-order chi connectivity index (χ1) is 10.3. The second kappa shape index (κ2) is 5.51. The molecule has 0 saturated carbocycles. The number of hydrogen-bond acceptors (Lipinski definition) is 3. The highest BCUT2D eigenvalue weighted by molar-refractivity contribution is 5.35. The van der Waals surface area contributed by atoms with Crippen molar-refractivity contribution in [3.05, 3.63) is 59.7 Å². The van der Waals surface area contributed by atoms with Gasteiger partial charge in [-0.25, -0.2) is 0 Å². The Balaban J connectivity index is 1.37. The van der Waals surface area contributed by atoms with Gasteiger partial charge in [-0.05, 0) is 35.4 Å². The smallest absolute Gasteiger partial charge is 0.127 e. The monoisotopic (exact) mass is 282 g/mol. The summed E-state index contributed by atoms with van der Waals surface area (Å²) in [5.74, 6) is 1.74. The van der Waals surface area contributed by atoms with Crippen LogP contribution in [0, 0.1) is 0 Å². The lowest BCUT2D eigenvalue weighted by Crippen LogP contribution is -1.93. The summed E-state index contributed by atoms with van der Waals surface area (Å²) < 4.78 is 16.3.